The predicted molar refractivity (Wildman–Crippen MR) is 139 cm³/mol. The lowest BCUT2D eigenvalue weighted by Crippen LogP contribution is -2.48. The number of aromatic nitrogens is 2. The molecular weight excluding hydrogens is 452 g/mol. The molecule has 0 spiro atoms. The summed E-state index contributed by atoms with van der Waals surface area (Å²) >= 11 is 0. The number of rotatable bonds is 8. The van der Waals surface area contributed by atoms with Crippen LogP contribution < -0.4 is 5.43 Å². The van der Waals surface area contributed by atoms with E-state index in [0.29, 0.717) is 29.0 Å². The summed E-state index contributed by atoms with van der Waals surface area (Å²) in [7, 11) is 1.92. The Kier molecular flexibility index (Phi) is 7.28. The highest BCUT2D eigenvalue weighted by atomic mass is 16.3. The van der Waals surface area contributed by atoms with Crippen LogP contribution in [0.15, 0.2) is 88.5 Å². The molecule has 0 radical (unpaired) electrons. The summed E-state index contributed by atoms with van der Waals surface area (Å²) < 4.78 is 7.39. The Bertz CT molecular complexity index is 1340. The standard InChI is InChI=1S/C29H32N4O3/c1-31(28(34)20-33-15-7-14-30-33)26(18-22-8-3-2-4-9-22)23-12-16-32(17-13-23)19-24-21-36-27-11-6-5-10-25(27)29(24)35/h2-11,14-15,21,23,26H,12-13,16-20H2,1H3. The highest BCUT2D eigenvalue weighted by Gasteiger charge is 2.32. The third-order valence-corrected chi connectivity index (χ3v) is 7.36. The molecular formula is C29H32N4O3. The second kappa shape index (κ2) is 10.9. The summed E-state index contributed by atoms with van der Waals surface area (Å²) in [5.41, 5.74) is 2.60. The average Bonchev–Trinajstić information content (AvgIpc) is 3.43. The van der Waals surface area contributed by atoms with Gasteiger partial charge in [-0.2, -0.15) is 5.10 Å². The molecule has 7 nitrogen and oxygen atoms in total. The molecule has 0 saturated carbocycles. The van der Waals surface area contributed by atoms with E-state index in [9.17, 15) is 9.59 Å². The number of likely N-dealkylation sites (tertiary alicyclic amines) is 1. The summed E-state index contributed by atoms with van der Waals surface area (Å²) in [4.78, 5) is 30.3. The van der Waals surface area contributed by atoms with E-state index in [2.05, 4.69) is 34.3 Å². The summed E-state index contributed by atoms with van der Waals surface area (Å²) in [6.07, 6.45) is 7.88. The van der Waals surface area contributed by atoms with Crippen LogP contribution in [-0.2, 0) is 24.3 Å². The second-order valence-electron chi connectivity index (χ2n) is 9.67. The fraction of sp³-hybridized carbons (Fsp3) is 0.345. The Labute approximate surface area is 210 Å². The smallest absolute Gasteiger partial charge is 0.244 e. The van der Waals surface area contributed by atoms with Crippen molar-refractivity contribution in [2.75, 3.05) is 20.1 Å². The zero-order chi connectivity index (χ0) is 24.9. The Balaban J connectivity index is 1.27. The van der Waals surface area contributed by atoms with E-state index >= 15 is 0 Å². The fourth-order valence-corrected chi connectivity index (χ4v) is 5.27. The summed E-state index contributed by atoms with van der Waals surface area (Å²) in [6.45, 7) is 2.58. The van der Waals surface area contributed by atoms with Gasteiger partial charge < -0.3 is 9.32 Å². The number of likely N-dealkylation sites (N-methyl/N-ethyl adjacent to an activating group) is 1. The number of amides is 1. The number of hydrogen-bond acceptors (Lipinski definition) is 5. The van der Waals surface area contributed by atoms with E-state index in [-0.39, 0.29) is 23.9 Å². The van der Waals surface area contributed by atoms with Gasteiger partial charge in [0.1, 0.15) is 12.1 Å². The topological polar surface area (TPSA) is 71.6 Å². The van der Waals surface area contributed by atoms with Gasteiger partial charge in [-0.15, -0.1) is 0 Å². The highest BCUT2D eigenvalue weighted by Crippen LogP contribution is 2.27. The minimum Gasteiger partial charge on any atom is -0.464 e. The van der Waals surface area contributed by atoms with Gasteiger partial charge in [-0.1, -0.05) is 42.5 Å². The van der Waals surface area contributed by atoms with Crippen LogP contribution in [0.4, 0.5) is 0 Å². The molecule has 2 aromatic heterocycles. The van der Waals surface area contributed by atoms with Gasteiger partial charge in [-0.25, -0.2) is 0 Å². The number of hydrogen-bond donors (Lipinski definition) is 0. The van der Waals surface area contributed by atoms with Crippen molar-refractivity contribution in [2.45, 2.75) is 38.4 Å². The van der Waals surface area contributed by atoms with Gasteiger partial charge in [0.05, 0.1) is 11.6 Å². The number of para-hydroxylation sites is 1. The largest absolute Gasteiger partial charge is 0.464 e. The van der Waals surface area contributed by atoms with Gasteiger partial charge in [-0.3, -0.25) is 19.2 Å². The second-order valence-corrected chi connectivity index (χ2v) is 9.67. The molecule has 1 saturated heterocycles. The quantitative estimate of drug-likeness (QED) is 0.378. The molecule has 0 aliphatic carbocycles. The number of carbonyl (C=O) groups is 1. The number of fused-ring (bicyclic) bond motifs is 1. The molecule has 7 heteroatoms. The minimum absolute atomic E-state index is 0.0462. The first kappa shape index (κ1) is 24.0. The minimum atomic E-state index is 0.0462. The van der Waals surface area contributed by atoms with E-state index in [4.69, 9.17) is 4.42 Å². The molecule has 186 valence electrons. The monoisotopic (exact) mass is 484 g/mol. The lowest BCUT2D eigenvalue weighted by atomic mass is 9.84. The molecule has 1 fully saturated rings. The van der Waals surface area contributed by atoms with Crippen molar-refractivity contribution >= 4 is 16.9 Å². The maximum absolute atomic E-state index is 13.1. The molecule has 2 aromatic carbocycles. The van der Waals surface area contributed by atoms with E-state index < -0.39 is 0 Å². The first-order valence-corrected chi connectivity index (χ1v) is 12.6. The Morgan fingerprint density at radius 3 is 2.58 bits per heavy atom. The van der Waals surface area contributed by atoms with Crippen molar-refractivity contribution in [1.82, 2.24) is 19.6 Å². The van der Waals surface area contributed by atoms with Crippen molar-refractivity contribution in [3.8, 4) is 0 Å². The summed E-state index contributed by atoms with van der Waals surface area (Å²) in [5.74, 6) is 0.442. The highest BCUT2D eigenvalue weighted by molar-refractivity contribution is 5.76. The first-order chi connectivity index (χ1) is 17.6. The van der Waals surface area contributed by atoms with Crippen molar-refractivity contribution in [2.24, 2.45) is 5.92 Å². The summed E-state index contributed by atoms with van der Waals surface area (Å²) in [6, 6.07) is 19.7. The van der Waals surface area contributed by atoms with Gasteiger partial charge >= 0.3 is 0 Å². The van der Waals surface area contributed by atoms with Crippen LogP contribution in [0.25, 0.3) is 11.0 Å². The van der Waals surface area contributed by atoms with Gasteiger partial charge in [0.2, 0.25) is 5.91 Å². The SMILES string of the molecule is CN(C(=O)Cn1cccn1)C(Cc1ccccc1)C1CCN(Cc2coc3ccccc3c2=O)CC1. The van der Waals surface area contributed by atoms with E-state index in [0.717, 1.165) is 32.4 Å². The van der Waals surface area contributed by atoms with Crippen LogP contribution in [0.2, 0.25) is 0 Å². The molecule has 4 aromatic rings. The van der Waals surface area contributed by atoms with Crippen molar-refractivity contribution < 1.29 is 9.21 Å². The molecule has 36 heavy (non-hydrogen) atoms. The average molecular weight is 485 g/mol. The van der Waals surface area contributed by atoms with E-state index in [1.165, 1.54) is 5.56 Å². The van der Waals surface area contributed by atoms with Crippen LogP contribution in [0, 0.1) is 5.92 Å². The van der Waals surface area contributed by atoms with Crippen LogP contribution >= 0.6 is 0 Å². The third-order valence-electron chi connectivity index (χ3n) is 7.36. The Morgan fingerprint density at radius 1 is 1.08 bits per heavy atom. The van der Waals surface area contributed by atoms with E-state index in [1.807, 2.05) is 54.5 Å². The lowest BCUT2D eigenvalue weighted by Gasteiger charge is -2.40. The molecule has 1 amide bonds. The van der Waals surface area contributed by atoms with Crippen LogP contribution in [0.1, 0.15) is 24.0 Å². The summed E-state index contributed by atoms with van der Waals surface area (Å²) in [5, 5.41) is 4.83. The molecule has 1 aliphatic rings. The molecule has 3 heterocycles. The number of nitrogens with zero attached hydrogens (tertiary/aromatic N) is 4. The number of carbonyl (C=O) groups excluding carboxylic acids is 1. The maximum atomic E-state index is 13.1. The number of piperidine rings is 1. The van der Waals surface area contributed by atoms with Gasteiger partial charge in [0.15, 0.2) is 5.43 Å². The predicted octanol–water partition coefficient (Wildman–Crippen LogP) is 3.97. The van der Waals surface area contributed by atoms with Gasteiger partial charge in [0, 0.05) is 37.6 Å². The molecule has 5 rings (SSSR count). The molecule has 1 aliphatic heterocycles. The zero-order valence-corrected chi connectivity index (χ0v) is 20.6. The first-order valence-electron chi connectivity index (χ1n) is 12.6. The normalized spacial score (nSPS) is 15.7. The Hall–Kier alpha value is -3.71. The maximum Gasteiger partial charge on any atom is 0.244 e. The van der Waals surface area contributed by atoms with Crippen molar-refractivity contribution in [3.63, 3.8) is 0 Å². The molecule has 1 atom stereocenters. The van der Waals surface area contributed by atoms with Crippen molar-refractivity contribution in [3.05, 3.63) is 101 Å². The molecule has 0 bridgehead atoms. The van der Waals surface area contributed by atoms with Crippen LogP contribution in [-0.4, -0.2) is 51.7 Å². The number of benzene rings is 2. The van der Waals surface area contributed by atoms with Crippen LogP contribution in [0.3, 0.4) is 0 Å². The third kappa shape index (κ3) is 5.41. The molecule has 1 unspecified atom stereocenters. The molecule has 0 N–H and O–H groups in total. The lowest BCUT2D eigenvalue weighted by molar-refractivity contribution is -0.134. The van der Waals surface area contributed by atoms with Gasteiger partial charge in [-0.05, 0) is 62.0 Å². The van der Waals surface area contributed by atoms with Crippen molar-refractivity contribution in [1.29, 1.82) is 0 Å². The fourth-order valence-electron chi connectivity index (χ4n) is 5.27. The van der Waals surface area contributed by atoms with E-state index in [1.54, 1.807) is 17.1 Å². The zero-order valence-electron chi connectivity index (χ0n) is 20.6. The van der Waals surface area contributed by atoms with Gasteiger partial charge in [0.25, 0.3) is 0 Å². The van der Waals surface area contributed by atoms with Crippen LogP contribution in [0.5, 0.6) is 0 Å². The Morgan fingerprint density at radius 2 is 1.83 bits per heavy atom.